The Morgan fingerprint density at radius 3 is 1.38 bits per heavy atom. The van der Waals surface area contributed by atoms with Crippen molar-refractivity contribution in [3.8, 4) is 0 Å². The molecule has 0 aromatic carbocycles. The third-order valence-electron chi connectivity index (χ3n) is 10.4. The Kier molecular flexibility index (Phi) is 38.0. The predicted molar refractivity (Wildman–Crippen MR) is 230 cm³/mol. The topological polar surface area (TPSA) is 152 Å². The van der Waals surface area contributed by atoms with Crippen LogP contribution in [0.5, 0.6) is 0 Å². The zero-order valence-electron chi connectivity index (χ0n) is 35.3. The molecule has 0 saturated heterocycles. The largest absolute Gasteiger partial charge is 0.370 e. The molecule has 9 heteroatoms. The lowest BCUT2D eigenvalue weighted by Gasteiger charge is -2.26. The molecule has 0 radical (unpaired) electrons. The van der Waals surface area contributed by atoms with E-state index in [2.05, 4.69) is 41.6 Å². The summed E-state index contributed by atoms with van der Waals surface area (Å²) in [5, 5.41) is 5.78. The Balaban J connectivity index is 4.46. The van der Waals surface area contributed by atoms with Crippen LogP contribution in [0.3, 0.4) is 0 Å². The molecule has 53 heavy (non-hydrogen) atoms. The highest BCUT2D eigenvalue weighted by Gasteiger charge is 2.22. The number of allylic oxidation sites excluding steroid dienone is 2. The Bertz CT molecular complexity index is 882. The van der Waals surface area contributed by atoms with E-state index in [0.717, 1.165) is 38.8 Å². The summed E-state index contributed by atoms with van der Waals surface area (Å²) in [4.78, 5) is 31.9. The van der Waals surface area contributed by atoms with Crippen LogP contribution in [0, 0.1) is 0 Å². The zero-order chi connectivity index (χ0) is 39.0. The van der Waals surface area contributed by atoms with Crippen LogP contribution in [-0.2, 0) is 9.59 Å². The van der Waals surface area contributed by atoms with E-state index >= 15 is 0 Å². The second-order valence-corrected chi connectivity index (χ2v) is 15.5. The standard InChI is InChI=1S/C44H89N7O2/c1-4-6-8-10-12-14-16-18-20-21-23-25-27-29-31-33-38-51(37-32-30-28-26-24-22-19-17-15-13-11-9-7-5-2)43(53)41(46)39-50-42(52)40(45)35-34-36-49-44(47)48-3/h18,20,40-41H,4-17,19,21-39,45-46H2,1-3H3,(H,50,52)(H3,47,48,49)/b20-18-. The van der Waals surface area contributed by atoms with Gasteiger partial charge in [-0.05, 0) is 51.4 Å². The molecule has 0 aliphatic heterocycles. The van der Waals surface area contributed by atoms with Crippen molar-refractivity contribution in [2.24, 2.45) is 22.2 Å². The summed E-state index contributed by atoms with van der Waals surface area (Å²) in [5.74, 6) is 0.0143. The summed E-state index contributed by atoms with van der Waals surface area (Å²) in [6.07, 6.45) is 42.0. The van der Waals surface area contributed by atoms with Crippen LogP contribution in [0.25, 0.3) is 0 Å². The Hall–Kier alpha value is -2.13. The maximum Gasteiger partial charge on any atom is 0.241 e. The molecule has 0 aromatic heterocycles. The first-order valence-corrected chi connectivity index (χ1v) is 22.6. The fraction of sp³-hybridized carbons (Fsp3) is 0.886. The van der Waals surface area contributed by atoms with E-state index in [4.69, 9.17) is 17.2 Å². The van der Waals surface area contributed by atoms with Gasteiger partial charge in [0.2, 0.25) is 11.8 Å². The normalized spacial score (nSPS) is 13.0. The molecule has 0 heterocycles. The van der Waals surface area contributed by atoms with E-state index < -0.39 is 12.1 Å². The summed E-state index contributed by atoms with van der Waals surface area (Å²) >= 11 is 0. The fourth-order valence-corrected chi connectivity index (χ4v) is 6.79. The first-order valence-electron chi connectivity index (χ1n) is 22.6. The average Bonchev–Trinajstić information content (AvgIpc) is 3.16. The van der Waals surface area contributed by atoms with Gasteiger partial charge >= 0.3 is 0 Å². The highest BCUT2D eigenvalue weighted by Crippen LogP contribution is 2.14. The predicted octanol–water partition coefficient (Wildman–Crippen LogP) is 9.42. The number of rotatable bonds is 39. The second kappa shape index (κ2) is 39.6. The Morgan fingerprint density at radius 1 is 0.566 bits per heavy atom. The van der Waals surface area contributed by atoms with Gasteiger partial charge in [-0.3, -0.25) is 14.6 Å². The minimum absolute atomic E-state index is 0.0696. The smallest absolute Gasteiger partial charge is 0.241 e. The second-order valence-electron chi connectivity index (χ2n) is 15.5. The van der Waals surface area contributed by atoms with Gasteiger partial charge in [0.15, 0.2) is 5.96 Å². The number of nitrogens with zero attached hydrogens (tertiary/aromatic N) is 2. The zero-order valence-corrected chi connectivity index (χ0v) is 35.3. The molecule has 0 bridgehead atoms. The first kappa shape index (κ1) is 50.9. The maximum atomic E-state index is 13.5. The molecule has 9 nitrogen and oxygen atoms in total. The van der Waals surface area contributed by atoms with Gasteiger partial charge in [0.1, 0.15) is 6.04 Å². The van der Waals surface area contributed by atoms with Gasteiger partial charge in [-0.2, -0.15) is 0 Å². The van der Waals surface area contributed by atoms with Crippen molar-refractivity contribution in [2.75, 3.05) is 33.2 Å². The van der Waals surface area contributed by atoms with E-state index in [0.29, 0.717) is 25.3 Å². The molecular weight excluding hydrogens is 659 g/mol. The molecule has 0 spiro atoms. The van der Waals surface area contributed by atoms with Crippen LogP contribution in [0.4, 0.5) is 0 Å². The molecule has 2 amide bonds. The highest BCUT2D eigenvalue weighted by molar-refractivity contribution is 5.85. The number of amides is 2. The molecule has 0 aromatic rings. The van der Waals surface area contributed by atoms with E-state index in [9.17, 15) is 9.59 Å². The number of hydrogen-bond donors (Lipinski definition) is 5. The number of nitrogens with one attached hydrogen (secondary N) is 2. The van der Waals surface area contributed by atoms with Crippen LogP contribution in [0.1, 0.15) is 206 Å². The molecule has 0 fully saturated rings. The molecular formula is C44H89N7O2. The van der Waals surface area contributed by atoms with Gasteiger partial charge in [-0.25, -0.2) is 0 Å². The summed E-state index contributed by atoms with van der Waals surface area (Å²) < 4.78 is 0. The monoisotopic (exact) mass is 748 g/mol. The van der Waals surface area contributed by atoms with E-state index in [1.165, 1.54) is 154 Å². The summed E-state index contributed by atoms with van der Waals surface area (Å²) in [6.45, 7) is 6.71. The van der Waals surface area contributed by atoms with Crippen LogP contribution in [0.15, 0.2) is 17.1 Å². The summed E-state index contributed by atoms with van der Waals surface area (Å²) in [6, 6.07) is -1.43. The van der Waals surface area contributed by atoms with Crippen molar-refractivity contribution in [1.29, 1.82) is 0 Å². The van der Waals surface area contributed by atoms with Gasteiger partial charge in [0.05, 0.1) is 6.04 Å². The molecule has 312 valence electrons. The van der Waals surface area contributed by atoms with Crippen LogP contribution < -0.4 is 27.8 Å². The SMILES string of the molecule is CCCCCCCC/C=C\CCCCCCCCN(CCCCCCCCCCCCCCCC)C(=O)C(N)CNC(=O)C(N)CCCN/C(N)=N\C. The molecule has 0 saturated carbocycles. The summed E-state index contributed by atoms with van der Waals surface area (Å²) in [7, 11) is 1.62. The van der Waals surface area contributed by atoms with Crippen LogP contribution >= 0.6 is 0 Å². The number of nitrogens with two attached hydrogens (primary N) is 3. The van der Waals surface area contributed by atoms with E-state index in [1.54, 1.807) is 7.05 Å². The molecule has 0 rings (SSSR count). The molecule has 0 aliphatic rings. The first-order chi connectivity index (χ1) is 25.9. The highest BCUT2D eigenvalue weighted by atomic mass is 16.2. The van der Waals surface area contributed by atoms with Gasteiger partial charge in [-0.15, -0.1) is 0 Å². The lowest BCUT2D eigenvalue weighted by atomic mass is 10.0. The number of aliphatic imine (C=N–C) groups is 1. The average molecular weight is 748 g/mol. The molecule has 8 N–H and O–H groups in total. The lowest BCUT2D eigenvalue weighted by Crippen LogP contribution is -2.52. The van der Waals surface area contributed by atoms with E-state index in [-0.39, 0.29) is 18.4 Å². The van der Waals surface area contributed by atoms with Crippen LogP contribution in [-0.4, -0.2) is 68.0 Å². The summed E-state index contributed by atoms with van der Waals surface area (Å²) in [5.41, 5.74) is 18.1. The van der Waals surface area contributed by atoms with Gasteiger partial charge < -0.3 is 32.7 Å². The van der Waals surface area contributed by atoms with Crippen molar-refractivity contribution in [3.63, 3.8) is 0 Å². The molecule has 2 atom stereocenters. The number of guanidine groups is 1. The van der Waals surface area contributed by atoms with E-state index in [1.807, 2.05) is 4.90 Å². The minimum Gasteiger partial charge on any atom is -0.370 e. The van der Waals surface area contributed by atoms with Gasteiger partial charge in [0.25, 0.3) is 0 Å². The number of carbonyl (C=O) groups excluding carboxylic acids is 2. The van der Waals surface area contributed by atoms with Crippen LogP contribution in [0.2, 0.25) is 0 Å². The molecule has 2 unspecified atom stereocenters. The number of hydrogen-bond acceptors (Lipinski definition) is 5. The minimum atomic E-state index is -0.769. The van der Waals surface area contributed by atoms with Gasteiger partial charge in [-0.1, -0.05) is 167 Å². The third-order valence-corrected chi connectivity index (χ3v) is 10.4. The van der Waals surface area contributed by atoms with Crippen molar-refractivity contribution in [1.82, 2.24) is 15.5 Å². The molecule has 0 aliphatic carbocycles. The lowest BCUT2D eigenvalue weighted by molar-refractivity contribution is -0.133. The third kappa shape index (κ3) is 34.1. The van der Waals surface area contributed by atoms with Crippen molar-refractivity contribution in [2.45, 2.75) is 219 Å². The Morgan fingerprint density at radius 2 is 0.962 bits per heavy atom. The maximum absolute atomic E-state index is 13.5. The van der Waals surface area contributed by atoms with Crippen molar-refractivity contribution in [3.05, 3.63) is 12.2 Å². The fourth-order valence-electron chi connectivity index (χ4n) is 6.79. The van der Waals surface area contributed by atoms with Crippen molar-refractivity contribution >= 4 is 17.8 Å². The van der Waals surface area contributed by atoms with Gasteiger partial charge in [0, 0.05) is 33.2 Å². The quantitative estimate of drug-likeness (QED) is 0.0183. The van der Waals surface area contributed by atoms with Crippen molar-refractivity contribution < 1.29 is 9.59 Å². The Labute approximate surface area is 328 Å². The number of carbonyl (C=O) groups is 2. The number of unbranched alkanes of at least 4 members (excludes halogenated alkanes) is 25.